The number of hydrogen-bond donors (Lipinski definition) is 1. The summed E-state index contributed by atoms with van der Waals surface area (Å²) in [5.41, 5.74) is 2.20. The highest BCUT2D eigenvalue weighted by Crippen LogP contribution is 2.13. The van der Waals surface area contributed by atoms with Crippen molar-refractivity contribution in [2.75, 3.05) is 26.4 Å². The molecular weight excluding hydrogens is 254 g/mol. The molecule has 5 heteroatoms. The maximum atomic E-state index is 9.38. The lowest BCUT2D eigenvalue weighted by Crippen LogP contribution is -2.46. The summed E-state index contributed by atoms with van der Waals surface area (Å²) in [5, 5.41) is 13.8. The Labute approximate surface area is 118 Å². The van der Waals surface area contributed by atoms with Crippen molar-refractivity contribution in [2.24, 2.45) is 0 Å². The number of nitrogens with zero attached hydrogens (tertiary/aromatic N) is 3. The van der Waals surface area contributed by atoms with E-state index in [1.807, 2.05) is 47.4 Å². The van der Waals surface area contributed by atoms with Gasteiger partial charge in [0.05, 0.1) is 37.7 Å². The average Bonchev–Trinajstić information content (AvgIpc) is 2.97. The Morgan fingerprint density at radius 1 is 1.30 bits per heavy atom. The third-order valence-corrected chi connectivity index (χ3v) is 3.60. The Morgan fingerprint density at radius 2 is 2.15 bits per heavy atom. The summed E-state index contributed by atoms with van der Waals surface area (Å²) in [5.74, 6) is 0. The fourth-order valence-electron chi connectivity index (χ4n) is 2.46. The Hall–Kier alpha value is -1.69. The van der Waals surface area contributed by atoms with Gasteiger partial charge in [-0.1, -0.05) is 18.2 Å². The smallest absolute Gasteiger partial charge is 0.0645 e. The molecule has 1 fully saturated rings. The molecule has 1 aromatic heterocycles. The van der Waals surface area contributed by atoms with Gasteiger partial charge in [0.25, 0.3) is 0 Å². The third-order valence-electron chi connectivity index (χ3n) is 3.60. The van der Waals surface area contributed by atoms with Gasteiger partial charge in [-0.2, -0.15) is 5.10 Å². The van der Waals surface area contributed by atoms with E-state index >= 15 is 0 Å². The number of aromatic nitrogens is 2. The predicted molar refractivity (Wildman–Crippen MR) is 75.7 cm³/mol. The fraction of sp³-hybridized carbons (Fsp3) is 0.400. The highest BCUT2D eigenvalue weighted by atomic mass is 16.5. The molecule has 0 spiro atoms. The second kappa shape index (κ2) is 6.17. The second-order valence-corrected chi connectivity index (χ2v) is 5.01. The van der Waals surface area contributed by atoms with Gasteiger partial charge >= 0.3 is 0 Å². The van der Waals surface area contributed by atoms with Crippen LogP contribution >= 0.6 is 0 Å². The molecule has 1 saturated heterocycles. The number of ether oxygens (including phenoxy) is 1. The van der Waals surface area contributed by atoms with Gasteiger partial charge in [0.2, 0.25) is 0 Å². The van der Waals surface area contributed by atoms with Gasteiger partial charge in [0.1, 0.15) is 0 Å². The van der Waals surface area contributed by atoms with Crippen molar-refractivity contribution >= 4 is 0 Å². The van der Waals surface area contributed by atoms with E-state index in [1.165, 1.54) is 0 Å². The molecule has 1 aliphatic heterocycles. The average molecular weight is 273 g/mol. The minimum absolute atomic E-state index is 0.0869. The van der Waals surface area contributed by atoms with Crippen molar-refractivity contribution in [1.29, 1.82) is 0 Å². The molecule has 0 bridgehead atoms. The molecule has 5 nitrogen and oxygen atoms in total. The Kier molecular flexibility index (Phi) is 4.11. The maximum absolute atomic E-state index is 9.38. The summed E-state index contributed by atoms with van der Waals surface area (Å²) in [6.45, 7) is 3.10. The molecule has 1 N–H and O–H groups in total. The van der Waals surface area contributed by atoms with Crippen molar-refractivity contribution in [2.45, 2.75) is 12.6 Å². The van der Waals surface area contributed by atoms with Crippen molar-refractivity contribution in [1.82, 2.24) is 14.7 Å². The van der Waals surface area contributed by atoms with E-state index in [0.29, 0.717) is 6.61 Å². The van der Waals surface area contributed by atoms with E-state index in [0.717, 1.165) is 30.9 Å². The van der Waals surface area contributed by atoms with Gasteiger partial charge in [-0.15, -0.1) is 0 Å². The molecule has 3 rings (SSSR count). The molecule has 0 aliphatic carbocycles. The SMILES string of the molecule is OCC1COCCN1Cc1cnn(-c2ccccc2)c1. The molecular formula is C15H19N3O2. The number of morpholine rings is 1. The summed E-state index contributed by atoms with van der Waals surface area (Å²) < 4.78 is 7.27. The monoisotopic (exact) mass is 273 g/mol. The van der Waals surface area contributed by atoms with Gasteiger partial charge in [0, 0.05) is 24.8 Å². The third kappa shape index (κ3) is 2.90. The van der Waals surface area contributed by atoms with Crippen LogP contribution in [0.1, 0.15) is 5.56 Å². The van der Waals surface area contributed by atoms with Crippen LogP contribution in [0, 0.1) is 0 Å². The van der Waals surface area contributed by atoms with Gasteiger partial charge in [-0.3, -0.25) is 4.90 Å². The summed E-state index contributed by atoms with van der Waals surface area (Å²) >= 11 is 0. The normalized spacial score (nSPS) is 20.1. The van der Waals surface area contributed by atoms with Crippen molar-refractivity contribution in [3.63, 3.8) is 0 Å². The van der Waals surface area contributed by atoms with Crippen LogP contribution in [0.4, 0.5) is 0 Å². The number of aliphatic hydroxyl groups excluding tert-OH is 1. The van der Waals surface area contributed by atoms with Crippen molar-refractivity contribution < 1.29 is 9.84 Å². The number of para-hydroxylation sites is 1. The van der Waals surface area contributed by atoms with Gasteiger partial charge in [0.15, 0.2) is 0 Å². The molecule has 0 amide bonds. The highest BCUT2D eigenvalue weighted by molar-refractivity contribution is 5.30. The predicted octanol–water partition coefficient (Wildman–Crippen LogP) is 1.07. The molecule has 106 valence electrons. The lowest BCUT2D eigenvalue weighted by Gasteiger charge is -2.33. The van der Waals surface area contributed by atoms with E-state index in [9.17, 15) is 5.11 Å². The Morgan fingerprint density at radius 3 is 2.95 bits per heavy atom. The quantitative estimate of drug-likeness (QED) is 0.905. The zero-order chi connectivity index (χ0) is 13.8. The van der Waals surface area contributed by atoms with Gasteiger partial charge in [-0.05, 0) is 12.1 Å². The van der Waals surface area contributed by atoms with Crippen LogP contribution in [0.3, 0.4) is 0 Å². The summed E-state index contributed by atoms with van der Waals surface area (Å²) in [6, 6.07) is 10.1. The fourth-order valence-corrected chi connectivity index (χ4v) is 2.46. The molecule has 1 unspecified atom stereocenters. The van der Waals surface area contributed by atoms with Crippen LogP contribution in [0.25, 0.3) is 5.69 Å². The highest BCUT2D eigenvalue weighted by Gasteiger charge is 2.22. The molecule has 1 aliphatic rings. The van der Waals surface area contributed by atoms with E-state index in [4.69, 9.17) is 4.74 Å². The molecule has 1 aromatic carbocycles. The van der Waals surface area contributed by atoms with E-state index in [2.05, 4.69) is 10.00 Å². The van der Waals surface area contributed by atoms with E-state index in [1.54, 1.807) is 0 Å². The lowest BCUT2D eigenvalue weighted by molar-refractivity contribution is -0.0312. The molecule has 1 atom stereocenters. The van der Waals surface area contributed by atoms with Crippen molar-refractivity contribution in [3.05, 3.63) is 48.3 Å². The van der Waals surface area contributed by atoms with E-state index < -0.39 is 0 Å². The number of hydrogen-bond acceptors (Lipinski definition) is 4. The summed E-state index contributed by atoms with van der Waals surface area (Å²) in [7, 11) is 0. The van der Waals surface area contributed by atoms with Gasteiger partial charge < -0.3 is 9.84 Å². The molecule has 0 radical (unpaired) electrons. The minimum atomic E-state index is 0.0869. The molecule has 20 heavy (non-hydrogen) atoms. The lowest BCUT2D eigenvalue weighted by atomic mass is 10.2. The summed E-state index contributed by atoms with van der Waals surface area (Å²) in [6.07, 6.45) is 3.93. The first kappa shape index (κ1) is 13.3. The largest absolute Gasteiger partial charge is 0.395 e. The van der Waals surface area contributed by atoms with Gasteiger partial charge in [-0.25, -0.2) is 4.68 Å². The van der Waals surface area contributed by atoms with Crippen LogP contribution in [0.15, 0.2) is 42.7 Å². The van der Waals surface area contributed by atoms with Crippen LogP contribution in [-0.2, 0) is 11.3 Å². The molecule has 0 saturated carbocycles. The van der Waals surface area contributed by atoms with Crippen molar-refractivity contribution in [3.8, 4) is 5.69 Å². The van der Waals surface area contributed by atoms with E-state index in [-0.39, 0.29) is 12.6 Å². The first-order valence-electron chi connectivity index (χ1n) is 6.88. The Bertz CT molecular complexity index is 541. The zero-order valence-electron chi connectivity index (χ0n) is 11.4. The number of rotatable bonds is 4. The standard InChI is InChI=1S/C15H19N3O2/c19-11-15-12-20-7-6-17(15)9-13-8-16-18(10-13)14-4-2-1-3-5-14/h1-5,8,10,15,19H,6-7,9,11-12H2. The number of aliphatic hydroxyl groups is 1. The molecule has 2 heterocycles. The maximum Gasteiger partial charge on any atom is 0.0645 e. The van der Waals surface area contributed by atoms with Crippen LogP contribution in [-0.4, -0.2) is 52.2 Å². The second-order valence-electron chi connectivity index (χ2n) is 5.01. The summed E-state index contributed by atoms with van der Waals surface area (Å²) in [4.78, 5) is 2.25. The first-order chi connectivity index (χ1) is 9.86. The number of benzene rings is 1. The van der Waals surface area contributed by atoms with Crippen LogP contribution < -0.4 is 0 Å². The van der Waals surface area contributed by atoms with Crippen LogP contribution in [0.2, 0.25) is 0 Å². The topological polar surface area (TPSA) is 50.5 Å². The minimum Gasteiger partial charge on any atom is -0.395 e. The van der Waals surface area contributed by atoms with Crippen LogP contribution in [0.5, 0.6) is 0 Å². The first-order valence-corrected chi connectivity index (χ1v) is 6.88. The zero-order valence-corrected chi connectivity index (χ0v) is 11.4. The molecule has 2 aromatic rings. The Balaban J connectivity index is 1.71.